The quantitative estimate of drug-likeness (QED) is 0.722. The van der Waals surface area contributed by atoms with Gasteiger partial charge in [-0.15, -0.1) is 0 Å². The van der Waals surface area contributed by atoms with Crippen LogP contribution in [0, 0.1) is 11.8 Å². The van der Waals surface area contributed by atoms with Gasteiger partial charge in [0.15, 0.2) is 11.5 Å². The third kappa shape index (κ3) is 2.65. The number of carbonyl (C=O) groups is 4. The summed E-state index contributed by atoms with van der Waals surface area (Å²) in [7, 11) is 2.31. The van der Waals surface area contributed by atoms with Crippen LogP contribution in [0.15, 0.2) is 30.3 Å². The van der Waals surface area contributed by atoms with Crippen LogP contribution in [0.2, 0.25) is 0 Å². The summed E-state index contributed by atoms with van der Waals surface area (Å²) in [5.41, 5.74) is 0.170. The first kappa shape index (κ1) is 18.9. The number of benzene rings is 1. The van der Waals surface area contributed by atoms with E-state index in [1.165, 1.54) is 4.68 Å². The predicted octanol–water partition coefficient (Wildman–Crippen LogP) is 1.49. The molecule has 9 nitrogen and oxygen atoms in total. The molecule has 0 saturated carbocycles. The minimum atomic E-state index is -0.852. The number of aromatic nitrogens is 2. The Kier molecular flexibility index (Phi) is 4.45. The maximum absolute atomic E-state index is 13.3. The molecule has 0 unspecified atom stereocenters. The molecule has 3 heterocycles. The van der Waals surface area contributed by atoms with Crippen LogP contribution in [-0.2, 0) is 14.3 Å². The van der Waals surface area contributed by atoms with E-state index < -0.39 is 35.6 Å². The topological polar surface area (TPSA) is 108 Å². The third-order valence-corrected chi connectivity index (χ3v) is 5.59. The molecule has 2 aromatic rings. The monoisotopic (exact) mass is 397 g/mol. The number of ketones is 1. The Hall–Kier alpha value is -3.49. The first-order chi connectivity index (χ1) is 13.9. The SMILES string of the molecule is COC(=O)c1nn2c(c1C(=O)OC)C(=O)[C@@H]1CN(c3ccccc3)C(=O)[C@@H]1[C@@H]2C. The minimum absolute atomic E-state index is 0.0197. The van der Waals surface area contributed by atoms with E-state index >= 15 is 0 Å². The van der Waals surface area contributed by atoms with Gasteiger partial charge >= 0.3 is 11.9 Å². The highest BCUT2D eigenvalue weighted by molar-refractivity contribution is 6.14. The molecule has 0 spiro atoms. The summed E-state index contributed by atoms with van der Waals surface area (Å²) in [5.74, 6) is -3.61. The standard InChI is InChI=1S/C20H19N3O6/c1-10-13-12(9-22(18(13)25)11-7-5-4-6-8-11)17(24)16-14(19(26)28-2)15(20(27)29-3)21-23(10)16/h4-8,10,12-13H,9H2,1-3H3/t10-,12+,13+/m0/s1. The molecule has 2 aliphatic heterocycles. The number of para-hydroxylation sites is 1. The number of anilines is 1. The number of ether oxygens (including phenoxy) is 2. The van der Waals surface area contributed by atoms with Gasteiger partial charge in [-0.25, -0.2) is 9.59 Å². The summed E-state index contributed by atoms with van der Waals surface area (Å²) in [6.07, 6.45) is 0. The van der Waals surface area contributed by atoms with Crippen molar-refractivity contribution in [2.45, 2.75) is 13.0 Å². The number of nitrogens with zero attached hydrogens (tertiary/aromatic N) is 3. The molecular weight excluding hydrogens is 378 g/mol. The summed E-state index contributed by atoms with van der Waals surface area (Å²) >= 11 is 0. The Morgan fingerprint density at radius 2 is 1.72 bits per heavy atom. The van der Waals surface area contributed by atoms with Crippen LogP contribution in [0.3, 0.4) is 0 Å². The van der Waals surface area contributed by atoms with Crippen LogP contribution in [0.25, 0.3) is 0 Å². The number of Topliss-reactive ketones (excluding diaryl/α,β-unsaturated/α-hetero) is 1. The zero-order valence-electron chi connectivity index (χ0n) is 16.1. The van der Waals surface area contributed by atoms with Crippen molar-refractivity contribution in [1.29, 1.82) is 0 Å². The second-order valence-corrected chi connectivity index (χ2v) is 7.02. The predicted molar refractivity (Wildman–Crippen MR) is 99.7 cm³/mol. The number of hydrogen-bond donors (Lipinski definition) is 0. The Morgan fingerprint density at radius 1 is 1.07 bits per heavy atom. The zero-order chi connectivity index (χ0) is 20.9. The molecule has 0 radical (unpaired) electrons. The van der Waals surface area contributed by atoms with E-state index in [4.69, 9.17) is 9.47 Å². The van der Waals surface area contributed by atoms with Crippen LogP contribution < -0.4 is 4.90 Å². The van der Waals surface area contributed by atoms with Gasteiger partial charge < -0.3 is 14.4 Å². The molecule has 2 aliphatic rings. The Balaban J connectivity index is 1.82. The molecule has 9 heteroatoms. The highest BCUT2D eigenvalue weighted by Gasteiger charge is 2.54. The van der Waals surface area contributed by atoms with Crippen LogP contribution in [-0.4, -0.2) is 54.2 Å². The van der Waals surface area contributed by atoms with Crippen molar-refractivity contribution in [2.75, 3.05) is 25.7 Å². The maximum Gasteiger partial charge on any atom is 0.359 e. The van der Waals surface area contributed by atoms with Gasteiger partial charge in [0.2, 0.25) is 5.91 Å². The van der Waals surface area contributed by atoms with E-state index in [0.29, 0.717) is 5.69 Å². The molecule has 0 N–H and O–H groups in total. The van der Waals surface area contributed by atoms with Gasteiger partial charge in [0, 0.05) is 12.2 Å². The fraction of sp³-hybridized carbons (Fsp3) is 0.350. The fourth-order valence-corrected chi connectivity index (χ4v) is 4.21. The number of rotatable bonds is 3. The van der Waals surface area contributed by atoms with Crippen molar-refractivity contribution >= 4 is 29.3 Å². The first-order valence-corrected chi connectivity index (χ1v) is 9.10. The number of hydrogen-bond acceptors (Lipinski definition) is 7. The van der Waals surface area contributed by atoms with Crippen molar-refractivity contribution in [1.82, 2.24) is 9.78 Å². The van der Waals surface area contributed by atoms with E-state index in [-0.39, 0.29) is 29.4 Å². The lowest BCUT2D eigenvalue weighted by molar-refractivity contribution is -0.122. The van der Waals surface area contributed by atoms with Crippen molar-refractivity contribution in [3.8, 4) is 0 Å². The van der Waals surface area contributed by atoms with Gasteiger partial charge in [-0.2, -0.15) is 5.10 Å². The molecule has 4 rings (SSSR count). The van der Waals surface area contributed by atoms with Gasteiger partial charge in [-0.3, -0.25) is 14.3 Å². The smallest absolute Gasteiger partial charge is 0.359 e. The highest BCUT2D eigenvalue weighted by atomic mass is 16.5. The molecule has 3 atom stereocenters. The molecule has 1 amide bonds. The molecule has 150 valence electrons. The molecule has 0 bridgehead atoms. The van der Waals surface area contributed by atoms with Gasteiger partial charge in [-0.05, 0) is 19.1 Å². The normalized spacial score (nSPS) is 22.9. The van der Waals surface area contributed by atoms with Gasteiger partial charge in [-0.1, -0.05) is 18.2 Å². The summed E-state index contributed by atoms with van der Waals surface area (Å²) in [5, 5.41) is 4.16. The summed E-state index contributed by atoms with van der Waals surface area (Å²) < 4.78 is 10.8. The van der Waals surface area contributed by atoms with Gasteiger partial charge in [0.05, 0.1) is 32.1 Å². The van der Waals surface area contributed by atoms with Crippen LogP contribution in [0.1, 0.15) is 44.3 Å². The Bertz CT molecular complexity index is 1030. The molecule has 1 fully saturated rings. The van der Waals surface area contributed by atoms with E-state index in [9.17, 15) is 19.2 Å². The number of fused-ring (bicyclic) bond motifs is 2. The number of amides is 1. The van der Waals surface area contributed by atoms with Crippen molar-refractivity contribution in [2.24, 2.45) is 11.8 Å². The molecule has 1 aromatic heterocycles. The molecule has 29 heavy (non-hydrogen) atoms. The van der Waals surface area contributed by atoms with E-state index in [0.717, 1.165) is 14.2 Å². The van der Waals surface area contributed by atoms with E-state index in [2.05, 4.69) is 5.10 Å². The molecule has 1 saturated heterocycles. The van der Waals surface area contributed by atoms with Crippen molar-refractivity contribution in [3.05, 3.63) is 47.3 Å². The first-order valence-electron chi connectivity index (χ1n) is 9.10. The van der Waals surface area contributed by atoms with E-state index in [1.54, 1.807) is 24.0 Å². The van der Waals surface area contributed by atoms with Crippen molar-refractivity contribution in [3.63, 3.8) is 0 Å². The maximum atomic E-state index is 13.3. The zero-order valence-corrected chi connectivity index (χ0v) is 16.1. The second kappa shape index (κ2) is 6.84. The summed E-state index contributed by atoms with van der Waals surface area (Å²) in [4.78, 5) is 52.5. The molecule has 0 aliphatic carbocycles. The number of esters is 2. The highest BCUT2D eigenvalue weighted by Crippen LogP contribution is 2.43. The van der Waals surface area contributed by atoms with Crippen molar-refractivity contribution < 1.29 is 28.7 Å². The largest absolute Gasteiger partial charge is 0.465 e. The lowest BCUT2D eigenvalue weighted by Crippen LogP contribution is -2.39. The fourth-order valence-electron chi connectivity index (χ4n) is 4.21. The van der Waals surface area contributed by atoms with Crippen LogP contribution in [0.5, 0.6) is 0 Å². The molecule has 1 aromatic carbocycles. The van der Waals surface area contributed by atoms with E-state index in [1.807, 2.05) is 18.2 Å². The number of methoxy groups -OCH3 is 2. The Morgan fingerprint density at radius 3 is 2.34 bits per heavy atom. The van der Waals surface area contributed by atoms with Crippen LogP contribution in [0.4, 0.5) is 5.69 Å². The lowest BCUT2D eigenvalue weighted by Gasteiger charge is -2.29. The third-order valence-electron chi connectivity index (χ3n) is 5.59. The Labute approximate surface area is 166 Å². The van der Waals surface area contributed by atoms with Gasteiger partial charge in [0.1, 0.15) is 11.3 Å². The van der Waals surface area contributed by atoms with Gasteiger partial charge in [0.25, 0.3) is 0 Å². The van der Waals surface area contributed by atoms with Crippen LogP contribution >= 0.6 is 0 Å². The number of carbonyl (C=O) groups excluding carboxylic acids is 4. The summed E-state index contributed by atoms with van der Waals surface area (Å²) in [6.45, 7) is 1.94. The average Bonchev–Trinajstić information content (AvgIpc) is 3.31. The lowest BCUT2D eigenvalue weighted by atomic mass is 9.81. The summed E-state index contributed by atoms with van der Waals surface area (Å²) in [6, 6.07) is 8.56. The average molecular weight is 397 g/mol. The second-order valence-electron chi connectivity index (χ2n) is 7.02. The minimum Gasteiger partial charge on any atom is -0.465 e. The molecular formula is C20H19N3O6.